The van der Waals surface area contributed by atoms with E-state index in [1.807, 2.05) is 19.1 Å². The maximum atomic E-state index is 5.38. The van der Waals surface area contributed by atoms with Crippen LogP contribution < -0.4 is 15.4 Å². The van der Waals surface area contributed by atoms with Crippen molar-refractivity contribution in [1.82, 2.24) is 15.5 Å². The summed E-state index contributed by atoms with van der Waals surface area (Å²) in [7, 11) is 1.71. The van der Waals surface area contributed by atoms with E-state index in [9.17, 15) is 0 Å². The Bertz CT molecular complexity index is 554. The molecule has 1 fully saturated rings. The lowest BCUT2D eigenvalue weighted by atomic mass is 9.96. The van der Waals surface area contributed by atoms with Gasteiger partial charge in [0.15, 0.2) is 5.96 Å². The van der Waals surface area contributed by atoms with Crippen LogP contribution in [0.25, 0.3) is 0 Å². The van der Waals surface area contributed by atoms with Crippen molar-refractivity contribution >= 4 is 5.96 Å². The minimum atomic E-state index is 0.672. The predicted molar refractivity (Wildman–Crippen MR) is 116 cm³/mol. The Balaban J connectivity index is 1.69. The van der Waals surface area contributed by atoms with Gasteiger partial charge in [0.05, 0.1) is 7.11 Å². The molecular weight excluding hydrogens is 352 g/mol. The second-order valence-corrected chi connectivity index (χ2v) is 7.26. The third-order valence-corrected chi connectivity index (χ3v) is 5.09. The van der Waals surface area contributed by atoms with E-state index in [0.29, 0.717) is 5.92 Å². The van der Waals surface area contributed by atoms with Crippen LogP contribution in [-0.2, 0) is 11.3 Å². The molecule has 1 aromatic rings. The maximum absolute atomic E-state index is 5.38. The molecule has 28 heavy (non-hydrogen) atoms. The van der Waals surface area contributed by atoms with E-state index in [1.54, 1.807) is 7.11 Å². The molecule has 0 atom stereocenters. The van der Waals surface area contributed by atoms with Crippen molar-refractivity contribution in [2.24, 2.45) is 10.9 Å². The number of aliphatic imine (C=N–C) groups is 1. The minimum absolute atomic E-state index is 0.672. The molecule has 0 bridgehead atoms. The Morgan fingerprint density at radius 2 is 1.89 bits per heavy atom. The van der Waals surface area contributed by atoms with E-state index in [2.05, 4.69) is 34.6 Å². The number of nitrogens with zero attached hydrogens (tertiary/aromatic N) is 2. The van der Waals surface area contributed by atoms with Gasteiger partial charge in [0.2, 0.25) is 0 Å². The number of hydrogen-bond acceptors (Lipinski definition) is 4. The van der Waals surface area contributed by atoms with Crippen LogP contribution in [0.1, 0.15) is 38.7 Å². The zero-order chi connectivity index (χ0) is 20.0. The fraction of sp³-hybridized carbons (Fsp3) is 0.682. The van der Waals surface area contributed by atoms with Gasteiger partial charge in [0, 0.05) is 39.4 Å². The summed E-state index contributed by atoms with van der Waals surface area (Å²) in [6.45, 7) is 11.7. The van der Waals surface area contributed by atoms with Gasteiger partial charge in [-0.25, -0.2) is 0 Å². The van der Waals surface area contributed by atoms with Crippen molar-refractivity contribution in [3.63, 3.8) is 0 Å². The molecule has 1 aliphatic heterocycles. The smallest absolute Gasteiger partial charge is 0.191 e. The van der Waals surface area contributed by atoms with Gasteiger partial charge in [-0.1, -0.05) is 12.1 Å². The van der Waals surface area contributed by atoms with Crippen LogP contribution in [0, 0.1) is 5.92 Å². The van der Waals surface area contributed by atoms with Crippen LogP contribution in [-0.4, -0.2) is 63.9 Å². The van der Waals surface area contributed by atoms with Gasteiger partial charge < -0.3 is 20.1 Å². The topological polar surface area (TPSA) is 58.1 Å². The number of likely N-dealkylation sites (tertiary alicyclic amines) is 1. The largest absolute Gasteiger partial charge is 0.497 e. The summed E-state index contributed by atoms with van der Waals surface area (Å²) >= 11 is 0. The molecule has 1 aliphatic rings. The highest BCUT2D eigenvalue weighted by Gasteiger charge is 2.19. The normalized spacial score (nSPS) is 16.2. The first kappa shape index (κ1) is 22.5. The van der Waals surface area contributed by atoms with Gasteiger partial charge in [-0.05, 0) is 69.8 Å². The first-order valence-corrected chi connectivity index (χ1v) is 10.7. The maximum Gasteiger partial charge on any atom is 0.191 e. The molecule has 0 unspecified atom stereocenters. The number of ether oxygens (including phenoxy) is 2. The Kier molecular flexibility index (Phi) is 10.8. The molecule has 0 aliphatic carbocycles. The van der Waals surface area contributed by atoms with Gasteiger partial charge in [-0.2, -0.15) is 0 Å². The summed E-state index contributed by atoms with van der Waals surface area (Å²) in [5.74, 6) is 2.52. The molecule has 1 saturated heterocycles. The van der Waals surface area contributed by atoms with Crippen LogP contribution in [0.4, 0.5) is 0 Å². The Morgan fingerprint density at radius 1 is 1.14 bits per heavy atom. The highest BCUT2D eigenvalue weighted by molar-refractivity contribution is 5.79. The third kappa shape index (κ3) is 8.48. The fourth-order valence-electron chi connectivity index (χ4n) is 3.40. The molecule has 0 saturated carbocycles. The average Bonchev–Trinajstić information content (AvgIpc) is 2.73. The monoisotopic (exact) mass is 390 g/mol. The number of nitrogens with one attached hydrogen (secondary N) is 2. The Morgan fingerprint density at radius 3 is 2.54 bits per heavy atom. The van der Waals surface area contributed by atoms with E-state index in [0.717, 1.165) is 70.6 Å². The Hall–Kier alpha value is -1.79. The molecule has 2 rings (SSSR count). The summed E-state index contributed by atoms with van der Waals surface area (Å²) in [5, 5.41) is 6.75. The van der Waals surface area contributed by atoms with Gasteiger partial charge in [0.25, 0.3) is 0 Å². The number of rotatable bonds is 11. The number of methoxy groups -OCH3 is 1. The molecule has 2 N–H and O–H groups in total. The van der Waals surface area contributed by atoms with Crippen molar-refractivity contribution in [2.75, 3.05) is 53.0 Å². The van der Waals surface area contributed by atoms with E-state index < -0.39 is 0 Å². The number of guanidine groups is 1. The first-order chi connectivity index (χ1) is 13.7. The van der Waals surface area contributed by atoms with Crippen molar-refractivity contribution in [3.05, 3.63) is 29.8 Å². The summed E-state index contributed by atoms with van der Waals surface area (Å²) < 4.78 is 10.6. The standard InChI is InChI=1S/C22H38N4O2/c1-4-23-22(24-13-6-16-28-5-2)25-17-19-11-14-26(15-12-19)18-20-7-9-21(27-3)10-8-20/h7-10,19H,4-6,11-18H2,1-3H3,(H2,23,24,25). The molecular formula is C22H38N4O2. The second kappa shape index (κ2) is 13.4. The van der Waals surface area contributed by atoms with Gasteiger partial charge in [0.1, 0.15) is 5.75 Å². The fourth-order valence-corrected chi connectivity index (χ4v) is 3.40. The molecule has 1 aromatic carbocycles. The molecule has 0 aromatic heterocycles. The van der Waals surface area contributed by atoms with Crippen LogP contribution in [0.15, 0.2) is 29.3 Å². The zero-order valence-corrected chi connectivity index (χ0v) is 17.9. The van der Waals surface area contributed by atoms with E-state index >= 15 is 0 Å². The lowest BCUT2D eigenvalue weighted by Gasteiger charge is -2.31. The minimum Gasteiger partial charge on any atom is -0.497 e. The van der Waals surface area contributed by atoms with Crippen LogP contribution in [0.3, 0.4) is 0 Å². The highest BCUT2D eigenvalue weighted by Crippen LogP contribution is 2.20. The van der Waals surface area contributed by atoms with Crippen LogP contribution in [0.2, 0.25) is 0 Å². The number of piperidine rings is 1. The summed E-state index contributed by atoms with van der Waals surface area (Å²) in [5.41, 5.74) is 1.35. The van der Waals surface area contributed by atoms with Gasteiger partial charge in [-0.3, -0.25) is 9.89 Å². The van der Waals surface area contributed by atoms with Gasteiger partial charge >= 0.3 is 0 Å². The van der Waals surface area contributed by atoms with Gasteiger partial charge in [-0.15, -0.1) is 0 Å². The third-order valence-electron chi connectivity index (χ3n) is 5.09. The van der Waals surface area contributed by atoms with Crippen molar-refractivity contribution in [2.45, 2.75) is 39.7 Å². The van der Waals surface area contributed by atoms with Crippen LogP contribution in [0.5, 0.6) is 5.75 Å². The molecule has 1 heterocycles. The molecule has 0 spiro atoms. The number of hydrogen-bond donors (Lipinski definition) is 2. The first-order valence-electron chi connectivity index (χ1n) is 10.7. The molecule has 6 heteroatoms. The quantitative estimate of drug-likeness (QED) is 0.346. The summed E-state index contributed by atoms with van der Waals surface area (Å²) in [6, 6.07) is 8.41. The van der Waals surface area contributed by atoms with Crippen molar-refractivity contribution < 1.29 is 9.47 Å². The van der Waals surface area contributed by atoms with Crippen molar-refractivity contribution in [3.8, 4) is 5.75 Å². The molecule has 0 radical (unpaired) electrons. The summed E-state index contributed by atoms with van der Waals surface area (Å²) in [4.78, 5) is 7.35. The van der Waals surface area contributed by atoms with E-state index in [4.69, 9.17) is 14.5 Å². The number of benzene rings is 1. The lowest BCUT2D eigenvalue weighted by molar-refractivity contribution is 0.145. The molecule has 0 amide bonds. The second-order valence-electron chi connectivity index (χ2n) is 7.26. The van der Waals surface area contributed by atoms with Crippen LogP contribution >= 0.6 is 0 Å². The van der Waals surface area contributed by atoms with E-state index in [1.165, 1.54) is 18.4 Å². The summed E-state index contributed by atoms with van der Waals surface area (Å²) in [6.07, 6.45) is 3.43. The molecule has 6 nitrogen and oxygen atoms in total. The Labute approximate surface area is 170 Å². The zero-order valence-electron chi connectivity index (χ0n) is 17.9. The van der Waals surface area contributed by atoms with E-state index in [-0.39, 0.29) is 0 Å². The molecule has 158 valence electrons. The predicted octanol–water partition coefficient (Wildman–Crippen LogP) is 2.89. The van der Waals surface area contributed by atoms with Crippen molar-refractivity contribution in [1.29, 1.82) is 0 Å². The average molecular weight is 391 g/mol. The SMILES string of the molecule is CCNC(=NCC1CCN(Cc2ccc(OC)cc2)CC1)NCCCOCC. The lowest BCUT2D eigenvalue weighted by Crippen LogP contribution is -2.39. The highest BCUT2D eigenvalue weighted by atomic mass is 16.5.